The van der Waals surface area contributed by atoms with Crippen LogP contribution in [-0.2, 0) is 6.42 Å². The second kappa shape index (κ2) is 5.31. The molecule has 2 aromatic rings. The highest BCUT2D eigenvalue weighted by molar-refractivity contribution is 5.41. The SMILES string of the molecule is CC(C)c1ccn(-c2cccc(F)c2CCN)n1. The van der Waals surface area contributed by atoms with E-state index in [9.17, 15) is 4.39 Å². The van der Waals surface area contributed by atoms with E-state index in [1.807, 2.05) is 18.3 Å². The Morgan fingerprint density at radius 1 is 1.33 bits per heavy atom. The Kier molecular flexibility index (Phi) is 3.77. The summed E-state index contributed by atoms with van der Waals surface area (Å²) in [6.07, 6.45) is 2.38. The Labute approximate surface area is 106 Å². The number of nitrogens with two attached hydrogens (primary N) is 1. The molecule has 96 valence electrons. The summed E-state index contributed by atoms with van der Waals surface area (Å²) < 4.78 is 15.5. The van der Waals surface area contributed by atoms with Gasteiger partial charge in [-0.15, -0.1) is 0 Å². The fraction of sp³-hybridized carbons (Fsp3) is 0.357. The maximum Gasteiger partial charge on any atom is 0.128 e. The normalized spacial score (nSPS) is 11.2. The Morgan fingerprint density at radius 2 is 2.11 bits per heavy atom. The maximum atomic E-state index is 13.8. The van der Waals surface area contributed by atoms with Crippen molar-refractivity contribution >= 4 is 0 Å². The predicted octanol–water partition coefficient (Wildman–Crippen LogP) is 2.64. The van der Waals surface area contributed by atoms with Crippen LogP contribution in [-0.4, -0.2) is 16.3 Å². The Balaban J connectivity index is 2.45. The molecule has 4 heteroatoms. The van der Waals surface area contributed by atoms with E-state index < -0.39 is 0 Å². The zero-order chi connectivity index (χ0) is 13.1. The Morgan fingerprint density at radius 3 is 2.72 bits per heavy atom. The van der Waals surface area contributed by atoms with Crippen molar-refractivity contribution < 1.29 is 4.39 Å². The van der Waals surface area contributed by atoms with Crippen LogP contribution in [0, 0.1) is 5.82 Å². The van der Waals surface area contributed by atoms with Gasteiger partial charge in [0.25, 0.3) is 0 Å². The number of nitrogens with zero attached hydrogens (tertiary/aromatic N) is 2. The third-order valence-corrected chi connectivity index (χ3v) is 2.94. The fourth-order valence-electron chi connectivity index (χ4n) is 1.93. The highest BCUT2D eigenvalue weighted by Gasteiger charge is 2.11. The minimum Gasteiger partial charge on any atom is -0.330 e. The van der Waals surface area contributed by atoms with E-state index in [4.69, 9.17) is 5.73 Å². The van der Waals surface area contributed by atoms with E-state index in [1.54, 1.807) is 10.7 Å². The van der Waals surface area contributed by atoms with Crippen molar-refractivity contribution in [2.24, 2.45) is 5.73 Å². The van der Waals surface area contributed by atoms with E-state index in [2.05, 4.69) is 18.9 Å². The van der Waals surface area contributed by atoms with Gasteiger partial charge in [0.05, 0.1) is 11.4 Å². The molecule has 0 radical (unpaired) electrons. The van der Waals surface area contributed by atoms with Crippen LogP contribution in [0.4, 0.5) is 4.39 Å². The molecule has 0 unspecified atom stereocenters. The molecule has 0 spiro atoms. The van der Waals surface area contributed by atoms with Crippen molar-refractivity contribution in [1.82, 2.24) is 9.78 Å². The molecule has 0 saturated carbocycles. The van der Waals surface area contributed by atoms with Gasteiger partial charge in [0.2, 0.25) is 0 Å². The predicted molar refractivity (Wildman–Crippen MR) is 70.4 cm³/mol. The summed E-state index contributed by atoms with van der Waals surface area (Å²) in [5, 5.41) is 4.47. The van der Waals surface area contributed by atoms with Crippen LogP contribution in [0.25, 0.3) is 5.69 Å². The molecule has 0 saturated heterocycles. The zero-order valence-electron chi connectivity index (χ0n) is 10.7. The van der Waals surface area contributed by atoms with Crippen molar-refractivity contribution in [3.63, 3.8) is 0 Å². The number of benzene rings is 1. The largest absolute Gasteiger partial charge is 0.330 e. The molecule has 0 aliphatic heterocycles. The van der Waals surface area contributed by atoms with Gasteiger partial charge in [-0.05, 0) is 37.1 Å². The quantitative estimate of drug-likeness (QED) is 0.902. The monoisotopic (exact) mass is 247 g/mol. The van der Waals surface area contributed by atoms with Gasteiger partial charge in [-0.2, -0.15) is 5.10 Å². The molecule has 0 aliphatic carbocycles. The lowest BCUT2D eigenvalue weighted by atomic mass is 10.1. The molecule has 2 rings (SSSR count). The minimum absolute atomic E-state index is 0.223. The van der Waals surface area contributed by atoms with Crippen molar-refractivity contribution in [2.45, 2.75) is 26.2 Å². The molecule has 2 N–H and O–H groups in total. The molecule has 1 heterocycles. The van der Waals surface area contributed by atoms with Gasteiger partial charge in [-0.1, -0.05) is 19.9 Å². The maximum absolute atomic E-state index is 13.8. The summed E-state index contributed by atoms with van der Waals surface area (Å²) >= 11 is 0. The first kappa shape index (κ1) is 12.8. The second-order valence-electron chi connectivity index (χ2n) is 4.62. The lowest BCUT2D eigenvalue weighted by molar-refractivity contribution is 0.605. The molecule has 18 heavy (non-hydrogen) atoms. The number of hydrogen-bond donors (Lipinski definition) is 1. The lowest BCUT2D eigenvalue weighted by Crippen LogP contribution is -2.09. The fourth-order valence-corrected chi connectivity index (χ4v) is 1.93. The van der Waals surface area contributed by atoms with Gasteiger partial charge < -0.3 is 5.73 Å². The zero-order valence-corrected chi connectivity index (χ0v) is 10.7. The van der Waals surface area contributed by atoms with Crippen molar-refractivity contribution in [3.8, 4) is 5.69 Å². The third-order valence-electron chi connectivity index (χ3n) is 2.94. The summed E-state index contributed by atoms with van der Waals surface area (Å²) in [5.41, 5.74) is 7.93. The van der Waals surface area contributed by atoms with Gasteiger partial charge >= 0.3 is 0 Å². The highest BCUT2D eigenvalue weighted by atomic mass is 19.1. The van der Waals surface area contributed by atoms with E-state index in [0.717, 1.165) is 11.4 Å². The summed E-state index contributed by atoms with van der Waals surface area (Å²) in [5.74, 6) is 0.136. The Hall–Kier alpha value is -1.68. The Bertz CT molecular complexity index is 532. The summed E-state index contributed by atoms with van der Waals surface area (Å²) in [6.45, 7) is 4.59. The van der Waals surface area contributed by atoms with Gasteiger partial charge in [0.15, 0.2) is 0 Å². The molecule has 1 aromatic carbocycles. The average Bonchev–Trinajstić information content (AvgIpc) is 2.81. The first-order valence-corrected chi connectivity index (χ1v) is 6.17. The van der Waals surface area contributed by atoms with Gasteiger partial charge in [0.1, 0.15) is 5.82 Å². The second-order valence-corrected chi connectivity index (χ2v) is 4.62. The first-order valence-electron chi connectivity index (χ1n) is 6.17. The van der Waals surface area contributed by atoms with Crippen LogP contribution >= 0.6 is 0 Å². The summed E-state index contributed by atoms with van der Waals surface area (Å²) in [6, 6.07) is 6.98. The van der Waals surface area contributed by atoms with E-state index in [-0.39, 0.29) is 5.82 Å². The highest BCUT2D eigenvalue weighted by Crippen LogP contribution is 2.20. The molecule has 3 nitrogen and oxygen atoms in total. The van der Waals surface area contributed by atoms with Gasteiger partial charge in [-0.3, -0.25) is 0 Å². The van der Waals surface area contributed by atoms with Crippen LogP contribution < -0.4 is 5.73 Å². The molecular weight excluding hydrogens is 229 g/mol. The van der Waals surface area contributed by atoms with Crippen LogP contribution in [0.5, 0.6) is 0 Å². The van der Waals surface area contributed by atoms with E-state index in [1.165, 1.54) is 6.07 Å². The molecule has 0 atom stereocenters. The topological polar surface area (TPSA) is 43.8 Å². The molecule has 1 aromatic heterocycles. The smallest absolute Gasteiger partial charge is 0.128 e. The van der Waals surface area contributed by atoms with Gasteiger partial charge in [0, 0.05) is 11.8 Å². The minimum atomic E-state index is -0.223. The average molecular weight is 247 g/mol. The lowest BCUT2D eigenvalue weighted by Gasteiger charge is -2.10. The van der Waals surface area contributed by atoms with Crippen LogP contribution in [0.2, 0.25) is 0 Å². The summed E-state index contributed by atoms with van der Waals surface area (Å²) in [7, 11) is 0. The number of rotatable bonds is 4. The molecule has 0 fully saturated rings. The number of halogens is 1. The molecule has 0 bridgehead atoms. The first-order chi connectivity index (χ1) is 8.63. The van der Waals surface area contributed by atoms with E-state index >= 15 is 0 Å². The van der Waals surface area contributed by atoms with Crippen molar-refractivity contribution in [3.05, 3.63) is 47.5 Å². The summed E-state index contributed by atoms with van der Waals surface area (Å²) in [4.78, 5) is 0. The molecule has 0 amide bonds. The number of aromatic nitrogens is 2. The third kappa shape index (κ3) is 2.43. The standard InChI is InChI=1S/C14H18FN3/c1-10(2)13-7-9-18(17-13)14-5-3-4-12(15)11(14)6-8-16/h3-5,7,9-10H,6,8,16H2,1-2H3. The molecule has 0 aliphatic rings. The van der Waals surface area contributed by atoms with Crippen molar-refractivity contribution in [1.29, 1.82) is 0 Å². The molecular formula is C14H18FN3. The van der Waals surface area contributed by atoms with Gasteiger partial charge in [-0.25, -0.2) is 9.07 Å². The van der Waals surface area contributed by atoms with Crippen LogP contribution in [0.3, 0.4) is 0 Å². The van der Waals surface area contributed by atoms with Crippen LogP contribution in [0.1, 0.15) is 31.0 Å². The number of hydrogen-bond acceptors (Lipinski definition) is 2. The van der Waals surface area contributed by atoms with Crippen molar-refractivity contribution in [2.75, 3.05) is 6.54 Å². The van der Waals surface area contributed by atoms with Crippen LogP contribution in [0.15, 0.2) is 30.5 Å². The van der Waals surface area contributed by atoms with E-state index in [0.29, 0.717) is 24.4 Å².